The molecule has 5 aliphatic carbocycles. The van der Waals surface area contributed by atoms with Gasteiger partial charge in [-0.25, -0.2) is 4.79 Å². The number of hydrogen-bond acceptors (Lipinski definition) is 7. The van der Waals surface area contributed by atoms with Crippen molar-refractivity contribution in [1.29, 1.82) is 0 Å². The summed E-state index contributed by atoms with van der Waals surface area (Å²) in [5, 5.41) is 9.44. The molecule has 2 aliphatic heterocycles. The quantitative estimate of drug-likeness (QED) is 0.236. The van der Waals surface area contributed by atoms with Crippen molar-refractivity contribution in [3.8, 4) is 0 Å². The van der Waals surface area contributed by atoms with Gasteiger partial charge < -0.3 is 31.3 Å². The summed E-state index contributed by atoms with van der Waals surface area (Å²) < 4.78 is 6.07. The van der Waals surface area contributed by atoms with Crippen LogP contribution >= 0.6 is 0 Å². The van der Waals surface area contributed by atoms with E-state index >= 15 is 0 Å². The molecular weight excluding hydrogens is 660 g/mol. The van der Waals surface area contributed by atoms with Gasteiger partial charge in [-0.2, -0.15) is 0 Å². The summed E-state index contributed by atoms with van der Waals surface area (Å²) >= 11 is 0. The predicted molar refractivity (Wildman–Crippen MR) is 196 cm³/mol. The second kappa shape index (κ2) is 13.2. The van der Waals surface area contributed by atoms with Crippen molar-refractivity contribution >= 4 is 29.5 Å². The van der Waals surface area contributed by atoms with E-state index in [1.807, 2.05) is 20.8 Å². The molecule has 7 aliphatic rings. The third-order valence-electron chi connectivity index (χ3n) is 15.3. The van der Waals surface area contributed by atoms with Crippen LogP contribution in [0.15, 0.2) is 0 Å². The Kier molecular flexibility index (Phi) is 9.57. The second-order valence-corrected chi connectivity index (χ2v) is 19.6. The average molecular weight is 725 g/mol. The van der Waals surface area contributed by atoms with Gasteiger partial charge in [0.2, 0.25) is 17.6 Å². The number of ketones is 1. The summed E-state index contributed by atoms with van der Waals surface area (Å²) in [5.74, 6) is -2.30. The van der Waals surface area contributed by atoms with Gasteiger partial charge in [0, 0.05) is 31.6 Å². The molecule has 0 radical (unpaired) electrons. The number of amides is 5. The zero-order valence-corrected chi connectivity index (χ0v) is 32.4. The molecule has 12 nitrogen and oxygen atoms in total. The molecule has 4 atom stereocenters. The Hall–Kier alpha value is -2.73. The highest BCUT2D eigenvalue weighted by Gasteiger charge is 2.85. The number of fused-ring (bicyclic) bond motifs is 1. The fourth-order valence-corrected chi connectivity index (χ4v) is 11.5. The number of urea groups is 1. The van der Waals surface area contributed by atoms with Gasteiger partial charge in [0.05, 0.1) is 23.8 Å². The van der Waals surface area contributed by atoms with Gasteiger partial charge in [-0.05, 0) is 73.5 Å². The van der Waals surface area contributed by atoms with Crippen LogP contribution in [0.1, 0.15) is 131 Å². The molecule has 0 aromatic carbocycles. The molecule has 0 aromatic heterocycles. The third kappa shape index (κ3) is 6.45. The lowest BCUT2D eigenvalue weighted by molar-refractivity contribution is -0.143. The van der Waals surface area contributed by atoms with Crippen LogP contribution in [0.4, 0.5) is 4.79 Å². The normalized spacial score (nSPS) is 30.9. The molecule has 290 valence electrons. The van der Waals surface area contributed by atoms with Crippen molar-refractivity contribution in [3.05, 3.63) is 0 Å². The topological polar surface area (TPSA) is 163 Å². The highest BCUT2D eigenvalue weighted by Crippen LogP contribution is 2.88. The van der Waals surface area contributed by atoms with E-state index in [1.165, 1.54) is 0 Å². The van der Waals surface area contributed by atoms with Crippen LogP contribution in [0.2, 0.25) is 0 Å². The SMILES string of the molecule is CC(C)(C)[C@H](NC(=O)NC1(CN2CCOC3(CC3)C2)CCCCC1)C(=O)N1C[C@]2(C[C@H]1C(=O)NC(CC1CCC1)C(=O)C(N)=O)C(C)(C)C21CCC1. The molecule has 5 amide bonds. The van der Waals surface area contributed by atoms with E-state index in [0.29, 0.717) is 26.0 Å². The lowest BCUT2D eigenvalue weighted by atomic mass is 9.73. The van der Waals surface area contributed by atoms with Gasteiger partial charge in [0.25, 0.3) is 5.91 Å². The van der Waals surface area contributed by atoms with Crippen molar-refractivity contribution in [1.82, 2.24) is 25.8 Å². The zero-order chi connectivity index (χ0) is 37.3. The molecule has 0 bridgehead atoms. The van der Waals surface area contributed by atoms with Crippen molar-refractivity contribution < 1.29 is 28.7 Å². The molecule has 0 aromatic rings. The van der Waals surface area contributed by atoms with Gasteiger partial charge in [-0.3, -0.25) is 24.1 Å². The number of rotatable bonds is 11. The fourth-order valence-electron chi connectivity index (χ4n) is 11.5. The Morgan fingerprint density at radius 2 is 1.56 bits per heavy atom. The monoisotopic (exact) mass is 724 g/mol. The maximum atomic E-state index is 15.0. The number of nitrogens with one attached hydrogen (secondary N) is 3. The Morgan fingerprint density at radius 1 is 0.865 bits per heavy atom. The first-order valence-electron chi connectivity index (χ1n) is 20.4. The summed E-state index contributed by atoms with van der Waals surface area (Å²) in [4.78, 5) is 72.6. The number of Topliss-reactive ketones (excluding diaryl/α,β-unsaturated/α-hetero) is 1. The Balaban J connectivity index is 1.11. The van der Waals surface area contributed by atoms with Crippen LogP contribution < -0.4 is 21.7 Å². The van der Waals surface area contributed by atoms with Gasteiger partial charge in [-0.1, -0.05) is 79.6 Å². The van der Waals surface area contributed by atoms with E-state index in [0.717, 1.165) is 103 Å². The molecule has 5 saturated carbocycles. The Labute approximate surface area is 309 Å². The summed E-state index contributed by atoms with van der Waals surface area (Å²) in [6, 6.07) is -3.08. The molecule has 3 spiro atoms. The van der Waals surface area contributed by atoms with Crippen molar-refractivity contribution in [3.63, 3.8) is 0 Å². The molecule has 12 heteroatoms. The highest BCUT2D eigenvalue weighted by molar-refractivity contribution is 6.37. The number of nitrogens with two attached hydrogens (primary N) is 1. The number of carbonyl (C=O) groups excluding carboxylic acids is 5. The van der Waals surface area contributed by atoms with E-state index < -0.39 is 46.7 Å². The van der Waals surface area contributed by atoms with Crippen LogP contribution in [0.5, 0.6) is 0 Å². The molecule has 7 rings (SSSR count). The summed E-state index contributed by atoms with van der Waals surface area (Å²) in [6.07, 6.45) is 14.3. The Morgan fingerprint density at radius 3 is 2.10 bits per heavy atom. The first kappa shape index (κ1) is 37.6. The van der Waals surface area contributed by atoms with Crippen LogP contribution in [0.25, 0.3) is 0 Å². The Bertz CT molecular complexity index is 1450. The molecule has 5 N–H and O–H groups in total. The van der Waals surface area contributed by atoms with Crippen molar-refractivity contribution in [2.75, 3.05) is 32.8 Å². The summed E-state index contributed by atoms with van der Waals surface area (Å²) in [6.45, 7) is 14.0. The molecule has 2 saturated heterocycles. The third-order valence-corrected chi connectivity index (χ3v) is 15.3. The first-order chi connectivity index (χ1) is 24.5. The minimum Gasteiger partial charge on any atom is -0.372 e. The van der Waals surface area contributed by atoms with Gasteiger partial charge >= 0.3 is 6.03 Å². The van der Waals surface area contributed by atoms with Gasteiger partial charge in [0.1, 0.15) is 12.1 Å². The van der Waals surface area contributed by atoms with Crippen molar-refractivity contribution in [2.45, 2.75) is 160 Å². The molecular formula is C40H64N6O6. The van der Waals surface area contributed by atoms with E-state index in [-0.39, 0.29) is 39.7 Å². The van der Waals surface area contributed by atoms with Gasteiger partial charge in [-0.15, -0.1) is 0 Å². The molecule has 1 unspecified atom stereocenters. The van der Waals surface area contributed by atoms with Crippen LogP contribution in [-0.2, 0) is 23.9 Å². The van der Waals surface area contributed by atoms with Gasteiger partial charge in [0.15, 0.2) is 0 Å². The molecule has 7 fully saturated rings. The van der Waals surface area contributed by atoms with Crippen LogP contribution in [0.3, 0.4) is 0 Å². The number of likely N-dealkylation sites (tertiary alicyclic amines) is 1. The largest absolute Gasteiger partial charge is 0.372 e. The minimum atomic E-state index is -1.06. The molecule has 52 heavy (non-hydrogen) atoms. The number of hydrogen-bond donors (Lipinski definition) is 4. The average Bonchev–Trinajstić information content (AvgIpc) is 3.78. The van der Waals surface area contributed by atoms with E-state index in [4.69, 9.17) is 10.5 Å². The lowest BCUT2D eigenvalue weighted by Crippen LogP contribution is -2.64. The minimum absolute atomic E-state index is 0.00538. The first-order valence-corrected chi connectivity index (χ1v) is 20.4. The number of carbonyl (C=O) groups is 5. The number of ether oxygens (including phenoxy) is 1. The van der Waals surface area contributed by atoms with Crippen molar-refractivity contribution in [2.24, 2.45) is 33.3 Å². The second-order valence-electron chi connectivity index (χ2n) is 19.6. The van der Waals surface area contributed by atoms with Crippen LogP contribution in [0, 0.1) is 27.6 Å². The summed E-state index contributed by atoms with van der Waals surface area (Å²) in [5.41, 5.74) is 4.16. The fraction of sp³-hybridized carbons (Fsp3) is 0.875. The number of primary amides is 1. The maximum Gasteiger partial charge on any atom is 0.315 e. The van der Waals surface area contributed by atoms with E-state index in [9.17, 15) is 24.0 Å². The zero-order valence-electron chi connectivity index (χ0n) is 32.4. The van der Waals surface area contributed by atoms with E-state index in [2.05, 4.69) is 34.7 Å². The highest BCUT2D eigenvalue weighted by atomic mass is 16.5. The van der Waals surface area contributed by atoms with Crippen LogP contribution in [-0.4, -0.2) is 101 Å². The number of morpholine rings is 1. The lowest BCUT2D eigenvalue weighted by Gasteiger charge is -2.44. The predicted octanol–water partition coefficient (Wildman–Crippen LogP) is 3.79. The standard InChI is InChI=1S/C40H64N6O6/c1-35(2,3)30(43-34(51)44-37(13-7-6-8-14-37)23-45-19-20-52-38(24-45)17-18-38)33(50)46-25-40(36(4,5)39(40)15-10-16-39)22-28(46)32(49)42-27(29(47)31(41)48)21-26-11-9-12-26/h26-28,30H,6-25H2,1-5H3,(H2,41,48)(H,42,49)(H2,43,44,51)/t27?,28-,30+,40+/m0/s1. The smallest absolute Gasteiger partial charge is 0.315 e. The molecule has 2 heterocycles. The maximum absolute atomic E-state index is 15.0. The summed E-state index contributed by atoms with van der Waals surface area (Å²) in [7, 11) is 0. The van der Waals surface area contributed by atoms with E-state index in [1.54, 1.807) is 4.90 Å². The number of nitrogens with zero attached hydrogens (tertiary/aromatic N) is 2.